The Morgan fingerprint density at radius 2 is 1.38 bits per heavy atom. The summed E-state index contributed by atoms with van der Waals surface area (Å²) in [5.41, 5.74) is 3.98. The van der Waals surface area contributed by atoms with Crippen molar-refractivity contribution in [3.05, 3.63) is 125 Å². The molecule has 0 aliphatic carbocycles. The lowest BCUT2D eigenvalue weighted by Gasteiger charge is -2.14. The summed E-state index contributed by atoms with van der Waals surface area (Å²) in [5, 5.41) is 0.940. The predicted octanol–water partition coefficient (Wildman–Crippen LogP) is 5.73. The second kappa shape index (κ2) is 8.65. The zero-order valence-electron chi connectivity index (χ0n) is 18.4. The number of fused-ring (bicyclic) bond motifs is 1. The van der Waals surface area contributed by atoms with Gasteiger partial charge in [-0.2, -0.15) is 8.42 Å². The largest absolute Gasteiger partial charge is 0.379 e. The first-order chi connectivity index (χ1) is 16.4. The van der Waals surface area contributed by atoms with Crippen molar-refractivity contribution in [3.8, 4) is 22.6 Å². The number of pyridine rings is 1. The number of rotatable bonds is 5. The maximum absolute atomic E-state index is 13.2. The zero-order chi connectivity index (χ0) is 23.7. The van der Waals surface area contributed by atoms with E-state index in [4.69, 9.17) is 4.18 Å². The molecule has 168 valence electrons. The summed E-state index contributed by atoms with van der Waals surface area (Å²) in [6, 6.07) is 32.0. The molecule has 5 nitrogen and oxygen atoms in total. The highest BCUT2D eigenvalue weighted by molar-refractivity contribution is 7.87. The van der Waals surface area contributed by atoms with Crippen molar-refractivity contribution < 1.29 is 12.6 Å². The van der Waals surface area contributed by atoms with E-state index in [1.165, 1.54) is 12.1 Å². The Kier molecular flexibility index (Phi) is 5.51. The minimum Gasteiger partial charge on any atom is -0.379 e. The fourth-order valence-electron chi connectivity index (χ4n) is 3.93. The van der Waals surface area contributed by atoms with Crippen LogP contribution in [0.3, 0.4) is 0 Å². The Hall–Kier alpha value is -4.16. The van der Waals surface area contributed by atoms with Gasteiger partial charge >= 0.3 is 10.1 Å². The molecule has 4 aromatic carbocycles. The fourth-order valence-corrected chi connectivity index (χ4v) is 4.86. The van der Waals surface area contributed by atoms with Crippen molar-refractivity contribution in [2.45, 2.75) is 11.8 Å². The molecule has 5 aromatic rings. The van der Waals surface area contributed by atoms with Gasteiger partial charge in [-0.25, -0.2) is 0 Å². The van der Waals surface area contributed by atoms with Crippen LogP contribution in [0.15, 0.2) is 119 Å². The van der Waals surface area contributed by atoms with E-state index in [1.807, 2.05) is 61.5 Å². The van der Waals surface area contributed by atoms with Crippen LogP contribution >= 0.6 is 0 Å². The summed E-state index contributed by atoms with van der Waals surface area (Å²) in [4.78, 5) is 13.3. The summed E-state index contributed by atoms with van der Waals surface area (Å²) in [7, 11) is -3.96. The molecular weight excluding hydrogens is 446 g/mol. The number of aryl methyl sites for hydroxylation is 1. The molecule has 0 radical (unpaired) electrons. The average Bonchev–Trinajstić information content (AvgIpc) is 2.85. The van der Waals surface area contributed by atoms with Gasteiger partial charge in [0.2, 0.25) is 0 Å². The highest BCUT2D eigenvalue weighted by Gasteiger charge is 2.17. The second-order valence-corrected chi connectivity index (χ2v) is 9.51. The molecule has 5 rings (SSSR count). The van der Waals surface area contributed by atoms with Gasteiger partial charge in [0.05, 0.1) is 5.52 Å². The SMILES string of the molecule is Cc1ccc(S(=O)(=O)Oc2ccc(-n3c(=O)cc(-c4ccccc4)c4ccccc43)cc2)cc1. The van der Waals surface area contributed by atoms with Crippen LogP contribution in [0.25, 0.3) is 27.7 Å². The molecule has 0 saturated heterocycles. The minimum atomic E-state index is -3.96. The monoisotopic (exact) mass is 467 g/mol. The summed E-state index contributed by atoms with van der Waals surface area (Å²) in [5.74, 6) is 0.169. The molecule has 0 atom stereocenters. The van der Waals surface area contributed by atoms with Crippen LogP contribution in [0.2, 0.25) is 0 Å². The maximum Gasteiger partial charge on any atom is 0.339 e. The number of hydrogen-bond acceptors (Lipinski definition) is 4. The lowest BCUT2D eigenvalue weighted by Crippen LogP contribution is -2.18. The van der Waals surface area contributed by atoms with Crippen molar-refractivity contribution in [1.29, 1.82) is 0 Å². The molecule has 6 heteroatoms. The second-order valence-electron chi connectivity index (χ2n) is 7.96. The van der Waals surface area contributed by atoms with E-state index in [9.17, 15) is 13.2 Å². The van der Waals surface area contributed by atoms with Crippen molar-refractivity contribution in [1.82, 2.24) is 4.57 Å². The van der Waals surface area contributed by atoms with Gasteiger partial charge < -0.3 is 4.18 Å². The third-order valence-electron chi connectivity index (χ3n) is 5.62. The Morgan fingerprint density at radius 3 is 2.09 bits per heavy atom. The molecule has 1 aromatic heterocycles. The van der Waals surface area contributed by atoms with Gasteiger partial charge in [0.25, 0.3) is 5.56 Å². The summed E-state index contributed by atoms with van der Waals surface area (Å²) in [6.07, 6.45) is 0. The van der Waals surface area contributed by atoms with Gasteiger partial charge in [-0.05, 0) is 60.5 Å². The van der Waals surface area contributed by atoms with Crippen molar-refractivity contribution in [3.63, 3.8) is 0 Å². The van der Waals surface area contributed by atoms with Crippen LogP contribution < -0.4 is 9.74 Å². The van der Waals surface area contributed by atoms with Crippen LogP contribution in [-0.4, -0.2) is 13.0 Å². The lowest BCUT2D eigenvalue weighted by molar-refractivity contribution is 0.486. The van der Waals surface area contributed by atoms with Crippen molar-refractivity contribution in [2.24, 2.45) is 0 Å². The molecule has 0 amide bonds. The quantitative estimate of drug-likeness (QED) is 0.310. The number of hydrogen-bond donors (Lipinski definition) is 0. The van der Waals surface area contributed by atoms with Gasteiger partial charge in [0, 0.05) is 17.1 Å². The van der Waals surface area contributed by atoms with Crippen LogP contribution in [-0.2, 0) is 10.1 Å². The Labute approximate surface area is 197 Å². The van der Waals surface area contributed by atoms with Crippen LogP contribution in [0.1, 0.15) is 5.56 Å². The van der Waals surface area contributed by atoms with E-state index < -0.39 is 10.1 Å². The molecule has 34 heavy (non-hydrogen) atoms. The van der Waals surface area contributed by atoms with Gasteiger partial charge in [0.1, 0.15) is 10.6 Å². The van der Waals surface area contributed by atoms with Crippen LogP contribution in [0.4, 0.5) is 0 Å². The molecule has 1 heterocycles. The van der Waals surface area contributed by atoms with E-state index in [0.717, 1.165) is 27.6 Å². The minimum absolute atomic E-state index is 0.0842. The van der Waals surface area contributed by atoms with E-state index in [-0.39, 0.29) is 16.2 Å². The lowest BCUT2D eigenvalue weighted by atomic mass is 10.0. The zero-order valence-corrected chi connectivity index (χ0v) is 19.2. The summed E-state index contributed by atoms with van der Waals surface area (Å²) in [6.45, 7) is 1.88. The number of para-hydroxylation sites is 1. The van der Waals surface area contributed by atoms with Crippen LogP contribution in [0.5, 0.6) is 5.75 Å². The molecule has 0 spiro atoms. The van der Waals surface area contributed by atoms with E-state index in [0.29, 0.717) is 5.69 Å². The smallest absolute Gasteiger partial charge is 0.339 e. The van der Waals surface area contributed by atoms with Crippen molar-refractivity contribution >= 4 is 21.0 Å². The highest BCUT2D eigenvalue weighted by atomic mass is 32.2. The van der Waals surface area contributed by atoms with Gasteiger partial charge in [-0.15, -0.1) is 0 Å². The fraction of sp³-hybridized carbons (Fsp3) is 0.0357. The molecule has 0 bridgehead atoms. The molecule has 0 unspecified atom stereocenters. The number of aromatic nitrogens is 1. The molecule has 0 aliphatic rings. The number of nitrogens with zero attached hydrogens (tertiary/aromatic N) is 1. The third kappa shape index (κ3) is 4.11. The highest BCUT2D eigenvalue weighted by Crippen LogP contribution is 2.29. The first-order valence-corrected chi connectivity index (χ1v) is 12.1. The topological polar surface area (TPSA) is 65.4 Å². The van der Waals surface area contributed by atoms with Crippen LogP contribution in [0, 0.1) is 6.92 Å². The standard InChI is InChI=1S/C28H21NO4S/c1-20-11-17-24(18-12-20)34(31,32)33-23-15-13-22(14-16-23)29-27-10-6-5-9-25(27)26(19-28(29)30)21-7-3-2-4-8-21/h2-19H,1H3. The van der Waals surface area contributed by atoms with Gasteiger partial charge in [-0.1, -0.05) is 66.2 Å². The summed E-state index contributed by atoms with van der Waals surface area (Å²) < 4.78 is 32.1. The average molecular weight is 468 g/mol. The maximum atomic E-state index is 13.2. The third-order valence-corrected chi connectivity index (χ3v) is 6.88. The van der Waals surface area contributed by atoms with Gasteiger partial charge in [-0.3, -0.25) is 9.36 Å². The van der Waals surface area contributed by atoms with E-state index in [1.54, 1.807) is 47.0 Å². The first-order valence-electron chi connectivity index (χ1n) is 10.7. The Balaban J connectivity index is 1.53. The van der Waals surface area contributed by atoms with E-state index in [2.05, 4.69) is 0 Å². The van der Waals surface area contributed by atoms with Crippen molar-refractivity contribution in [2.75, 3.05) is 0 Å². The predicted molar refractivity (Wildman–Crippen MR) is 134 cm³/mol. The number of benzene rings is 4. The summed E-state index contributed by atoms with van der Waals surface area (Å²) >= 11 is 0. The molecule has 0 aliphatic heterocycles. The molecular formula is C28H21NO4S. The molecule has 0 fully saturated rings. The normalized spacial score (nSPS) is 11.4. The Bertz CT molecular complexity index is 1640. The Morgan fingerprint density at radius 1 is 0.735 bits per heavy atom. The molecule has 0 N–H and O–H groups in total. The first kappa shape index (κ1) is 21.7. The van der Waals surface area contributed by atoms with Gasteiger partial charge in [0.15, 0.2) is 0 Å². The van der Waals surface area contributed by atoms with E-state index >= 15 is 0 Å². The molecule has 0 saturated carbocycles.